The Labute approximate surface area is 94.1 Å². The first-order valence-electron chi connectivity index (χ1n) is 5.33. The highest BCUT2D eigenvalue weighted by atomic mass is 32.1. The highest BCUT2D eigenvalue weighted by Gasteiger charge is 2.21. The Balaban J connectivity index is 2.11. The van der Waals surface area contributed by atoms with E-state index in [4.69, 9.17) is 0 Å². The van der Waals surface area contributed by atoms with Crippen molar-refractivity contribution >= 4 is 17.1 Å². The van der Waals surface area contributed by atoms with Crippen molar-refractivity contribution in [3.8, 4) is 0 Å². The van der Waals surface area contributed by atoms with Crippen LogP contribution in [-0.4, -0.2) is 36.3 Å². The maximum Gasteiger partial charge on any atom is 0.182 e. The number of aromatic nitrogens is 1. The van der Waals surface area contributed by atoms with Crippen molar-refractivity contribution in [2.45, 2.75) is 25.7 Å². The fourth-order valence-electron chi connectivity index (χ4n) is 1.74. The fourth-order valence-corrected chi connectivity index (χ4v) is 2.86. The fraction of sp³-hybridized carbons (Fsp3) is 0.636. The molecule has 0 spiro atoms. The minimum atomic E-state index is 0.239. The number of hydrogen-bond acceptors (Lipinski definition) is 4. The van der Waals surface area contributed by atoms with Gasteiger partial charge in [0.05, 0.1) is 5.01 Å². The summed E-state index contributed by atoms with van der Waals surface area (Å²) < 4.78 is 0. The lowest BCUT2D eigenvalue weighted by molar-refractivity contribution is 0.0968. The molecule has 2 rings (SSSR count). The van der Waals surface area contributed by atoms with Gasteiger partial charge in [0.15, 0.2) is 5.78 Å². The summed E-state index contributed by atoms with van der Waals surface area (Å²) in [5.74, 6) is 0.239. The topological polar surface area (TPSA) is 33.2 Å². The average Bonchev–Trinajstić information content (AvgIpc) is 2.59. The Morgan fingerprint density at radius 2 is 2.20 bits per heavy atom. The molecule has 1 heterocycles. The van der Waals surface area contributed by atoms with Crippen LogP contribution in [0.2, 0.25) is 0 Å². The minimum absolute atomic E-state index is 0.239. The third kappa shape index (κ3) is 2.44. The van der Waals surface area contributed by atoms with Crippen LogP contribution in [0.5, 0.6) is 0 Å². The second kappa shape index (κ2) is 4.41. The van der Waals surface area contributed by atoms with Gasteiger partial charge in [-0.15, -0.1) is 11.3 Å². The van der Waals surface area contributed by atoms with Gasteiger partial charge in [-0.1, -0.05) is 0 Å². The van der Waals surface area contributed by atoms with Crippen LogP contribution >= 0.6 is 11.3 Å². The summed E-state index contributed by atoms with van der Waals surface area (Å²) in [4.78, 5) is 19.4. The van der Waals surface area contributed by atoms with Crippen molar-refractivity contribution in [1.82, 2.24) is 9.88 Å². The van der Waals surface area contributed by atoms with Gasteiger partial charge in [-0.2, -0.15) is 0 Å². The van der Waals surface area contributed by atoms with Crippen LogP contribution in [0.1, 0.15) is 33.2 Å². The van der Waals surface area contributed by atoms with E-state index in [2.05, 4.69) is 24.0 Å². The second-order valence-electron chi connectivity index (χ2n) is 4.21. The molecular weight excluding hydrogens is 208 g/mol. The van der Waals surface area contributed by atoms with E-state index < -0.39 is 0 Å². The molecule has 3 nitrogen and oxygen atoms in total. The molecule has 4 heteroatoms. The van der Waals surface area contributed by atoms with Crippen molar-refractivity contribution < 1.29 is 4.79 Å². The number of fused-ring (bicyclic) bond motifs is 1. The molecule has 0 saturated heterocycles. The maximum atomic E-state index is 11.6. The van der Waals surface area contributed by atoms with Gasteiger partial charge in [0.2, 0.25) is 0 Å². The van der Waals surface area contributed by atoms with Gasteiger partial charge in [0, 0.05) is 24.3 Å². The van der Waals surface area contributed by atoms with Gasteiger partial charge in [-0.25, -0.2) is 4.98 Å². The van der Waals surface area contributed by atoms with E-state index in [0.29, 0.717) is 6.42 Å². The summed E-state index contributed by atoms with van der Waals surface area (Å²) in [5.41, 5.74) is 0.764. The molecule has 0 aliphatic heterocycles. The number of Topliss-reactive ketones (excluding diaryl/α,β-unsaturated/α-hetero) is 1. The summed E-state index contributed by atoms with van der Waals surface area (Å²) in [5, 5.41) is 1.11. The quantitative estimate of drug-likeness (QED) is 0.784. The molecule has 15 heavy (non-hydrogen) atoms. The van der Waals surface area contributed by atoms with Crippen molar-refractivity contribution in [3.63, 3.8) is 0 Å². The van der Waals surface area contributed by atoms with E-state index in [1.54, 1.807) is 11.3 Å². The molecule has 0 bridgehead atoms. The summed E-state index contributed by atoms with van der Waals surface area (Å²) in [6, 6.07) is 0. The number of carbonyl (C=O) groups excluding carboxylic acids is 1. The van der Waals surface area contributed by atoms with E-state index in [1.807, 2.05) is 0 Å². The molecule has 0 aromatic carbocycles. The summed E-state index contributed by atoms with van der Waals surface area (Å²) in [6.07, 6.45) is 3.68. The van der Waals surface area contributed by atoms with Gasteiger partial charge < -0.3 is 4.90 Å². The normalized spacial score (nSPS) is 15.8. The molecule has 1 aliphatic rings. The van der Waals surface area contributed by atoms with Crippen LogP contribution in [0.3, 0.4) is 0 Å². The number of aryl methyl sites for hydroxylation is 1. The largest absolute Gasteiger partial charge is 0.309 e. The van der Waals surface area contributed by atoms with Crippen LogP contribution in [-0.2, 0) is 12.8 Å². The molecule has 1 aromatic rings. The van der Waals surface area contributed by atoms with Crippen LogP contribution in [0.4, 0.5) is 0 Å². The van der Waals surface area contributed by atoms with Crippen molar-refractivity contribution in [3.05, 3.63) is 15.6 Å². The zero-order chi connectivity index (χ0) is 10.8. The summed E-state index contributed by atoms with van der Waals surface area (Å²) in [7, 11) is 4.11. The highest BCUT2D eigenvalue weighted by Crippen LogP contribution is 2.26. The molecule has 1 aliphatic carbocycles. The molecule has 0 saturated carbocycles. The van der Waals surface area contributed by atoms with Crippen molar-refractivity contribution in [2.24, 2.45) is 0 Å². The molecular formula is C11H16N2OS. The zero-order valence-electron chi connectivity index (χ0n) is 9.25. The Morgan fingerprint density at radius 1 is 1.40 bits per heavy atom. The summed E-state index contributed by atoms with van der Waals surface area (Å²) in [6.45, 7) is 1.00. The van der Waals surface area contributed by atoms with Crippen LogP contribution in [0.15, 0.2) is 0 Å². The van der Waals surface area contributed by atoms with Gasteiger partial charge in [0.1, 0.15) is 5.69 Å². The van der Waals surface area contributed by atoms with E-state index >= 15 is 0 Å². The number of thiazole rings is 1. The highest BCUT2D eigenvalue weighted by molar-refractivity contribution is 7.12. The van der Waals surface area contributed by atoms with Crippen LogP contribution in [0.25, 0.3) is 0 Å². The van der Waals surface area contributed by atoms with E-state index in [1.165, 1.54) is 4.88 Å². The third-order valence-electron chi connectivity index (χ3n) is 2.59. The molecule has 0 unspecified atom stereocenters. The lowest BCUT2D eigenvalue weighted by Gasteiger charge is -2.06. The standard InChI is InChI=1S/C11H16N2OS/c1-13(2)7-6-10-12-11-8(14)4-3-5-9(11)15-10/h3-7H2,1-2H3. The van der Waals surface area contributed by atoms with E-state index in [9.17, 15) is 4.79 Å². The van der Waals surface area contributed by atoms with E-state index in [-0.39, 0.29) is 5.78 Å². The molecule has 0 atom stereocenters. The first-order valence-corrected chi connectivity index (χ1v) is 6.15. The predicted molar refractivity (Wildman–Crippen MR) is 61.6 cm³/mol. The summed E-state index contributed by atoms with van der Waals surface area (Å²) >= 11 is 1.72. The minimum Gasteiger partial charge on any atom is -0.309 e. The van der Waals surface area contributed by atoms with Gasteiger partial charge in [-0.05, 0) is 26.9 Å². The Hall–Kier alpha value is -0.740. The number of likely N-dealkylation sites (N-methyl/N-ethyl adjacent to an activating group) is 1. The molecule has 0 fully saturated rings. The van der Waals surface area contributed by atoms with Gasteiger partial charge >= 0.3 is 0 Å². The van der Waals surface area contributed by atoms with E-state index in [0.717, 1.165) is 36.5 Å². The maximum absolute atomic E-state index is 11.6. The third-order valence-corrected chi connectivity index (χ3v) is 3.76. The number of hydrogen-bond donors (Lipinski definition) is 0. The molecule has 1 aromatic heterocycles. The Bertz CT molecular complexity index is 371. The molecule has 0 radical (unpaired) electrons. The Morgan fingerprint density at radius 3 is 2.87 bits per heavy atom. The second-order valence-corrected chi connectivity index (χ2v) is 5.38. The van der Waals surface area contributed by atoms with Gasteiger partial charge in [0.25, 0.3) is 0 Å². The molecule has 0 amide bonds. The smallest absolute Gasteiger partial charge is 0.182 e. The predicted octanol–water partition coefficient (Wildman–Crippen LogP) is 1.77. The van der Waals surface area contributed by atoms with Crippen molar-refractivity contribution in [1.29, 1.82) is 0 Å². The Kier molecular flexibility index (Phi) is 3.17. The van der Waals surface area contributed by atoms with Crippen molar-refractivity contribution in [2.75, 3.05) is 20.6 Å². The number of rotatable bonds is 3. The number of ketones is 1. The molecule has 0 N–H and O–H groups in total. The SMILES string of the molecule is CN(C)CCc1nc2c(s1)CCCC2=O. The molecule has 82 valence electrons. The zero-order valence-corrected chi connectivity index (χ0v) is 10.1. The monoisotopic (exact) mass is 224 g/mol. The lowest BCUT2D eigenvalue weighted by Crippen LogP contribution is -2.15. The van der Waals surface area contributed by atoms with Gasteiger partial charge in [-0.3, -0.25) is 4.79 Å². The number of carbonyl (C=O) groups is 1. The first-order chi connectivity index (χ1) is 7.16. The lowest BCUT2D eigenvalue weighted by atomic mass is 10.0. The number of nitrogens with zero attached hydrogens (tertiary/aromatic N) is 2. The van der Waals surface area contributed by atoms with Crippen LogP contribution < -0.4 is 0 Å². The first kappa shape index (κ1) is 10.8. The van der Waals surface area contributed by atoms with Crippen LogP contribution in [0, 0.1) is 0 Å². The average molecular weight is 224 g/mol.